The van der Waals surface area contributed by atoms with Crippen molar-refractivity contribution in [3.8, 4) is 5.75 Å². The fourth-order valence-corrected chi connectivity index (χ4v) is 14.0. The van der Waals surface area contributed by atoms with Gasteiger partial charge in [0, 0.05) is 80.3 Å². The summed E-state index contributed by atoms with van der Waals surface area (Å²) in [5, 5.41) is 70.7. The van der Waals surface area contributed by atoms with Crippen molar-refractivity contribution in [3.63, 3.8) is 0 Å². The standard InChI is InChI=1S/C75H99N15O15S2/c1-42(2)79-37-49-25-23-48(24-26-49)35-62-72(102)89-64(44(4)93)73(103)84-58(34-47-27-29-51(94)30-28-47)70(100)88-63(43(3)92)74(104)86-60(39-91)71(101)87-61(65(78)95)41-107-106-40-53(77)66(96)81-55(22-14-15-31-76)67(97)82-56(32-45-16-8-6-9-17-45)68(98)83-57(33-46-18-10-7-11-19-46)69(99)85-59(75(105)90(62)5)36-50-38-80-54-21-13-12-20-52(50)54/h6-13,16-21,23-30,38,42-44,53,55-64,79-80,91-94H,14-15,22,31-37,39-41,76-77H2,1-5H3,(H2,78,95)(H,81,96)(H,82,97)(H,83,98)(H,84,103)(H,85,99)(H,86,104)(H,87,101)(H,88,100)(H,89,102)/t43-,44-,53+,55+,56+,57+,58+,59-,60+,61+,62+,63+,64-/m1/s1. The smallest absolute Gasteiger partial charge is 0.245 e. The molecule has 1 fully saturated rings. The highest BCUT2D eigenvalue weighted by Crippen LogP contribution is 2.25. The maximum Gasteiger partial charge on any atom is 0.245 e. The number of phenols is 1. The lowest BCUT2D eigenvalue weighted by Crippen LogP contribution is -2.63. The second-order valence-corrected chi connectivity index (χ2v) is 29.3. The number of aromatic nitrogens is 1. The average Bonchev–Trinajstić information content (AvgIpc) is 1.78. The fraction of sp³-hybridized carbons (Fsp3) is 0.427. The molecule has 21 N–H and O–H groups in total. The molecule has 1 aromatic heterocycles. The van der Waals surface area contributed by atoms with E-state index >= 15 is 19.2 Å². The van der Waals surface area contributed by atoms with Crippen LogP contribution in [0.1, 0.15) is 80.3 Å². The first-order valence-electron chi connectivity index (χ1n) is 35.3. The molecule has 1 aliphatic heterocycles. The van der Waals surface area contributed by atoms with Crippen LogP contribution in [0.2, 0.25) is 0 Å². The van der Waals surface area contributed by atoms with Crippen LogP contribution in [-0.2, 0) is 91.4 Å². The first-order valence-corrected chi connectivity index (χ1v) is 37.8. The molecule has 0 unspecified atom stereocenters. The van der Waals surface area contributed by atoms with E-state index in [-0.39, 0.29) is 68.4 Å². The molecule has 107 heavy (non-hydrogen) atoms. The number of amides is 11. The predicted molar refractivity (Wildman–Crippen MR) is 406 cm³/mol. The van der Waals surface area contributed by atoms with Gasteiger partial charge in [0.05, 0.1) is 24.9 Å². The summed E-state index contributed by atoms with van der Waals surface area (Å²) in [7, 11) is 3.28. The molecule has 32 heteroatoms. The minimum Gasteiger partial charge on any atom is -0.508 e. The first kappa shape index (κ1) is 84.3. The number of aromatic amines is 1. The van der Waals surface area contributed by atoms with Crippen molar-refractivity contribution in [2.24, 2.45) is 17.2 Å². The number of unbranched alkanes of at least 4 members (excludes halogenated alkanes) is 1. The zero-order valence-corrected chi connectivity index (χ0v) is 62.0. The molecule has 1 aliphatic rings. The van der Waals surface area contributed by atoms with Crippen molar-refractivity contribution >= 4 is 97.5 Å². The number of rotatable bonds is 21. The van der Waals surface area contributed by atoms with Gasteiger partial charge in [-0.15, -0.1) is 0 Å². The van der Waals surface area contributed by atoms with E-state index in [1.807, 2.05) is 38.1 Å². The number of nitrogens with one attached hydrogen (secondary N) is 11. The molecule has 6 aromatic rings. The Balaban J connectivity index is 1.34. The summed E-state index contributed by atoms with van der Waals surface area (Å²) in [5.41, 5.74) is 22.1. The molecule has 0 spiro atoms. The van der Waals surface area contributed by atoms with Crippen LogP contribution in [0.3, 0.4) is 0 Å². The van der Waals surface area contributed by atoms with Crippen LogP contribution in [-0.4, -0.2) is 212 Å². The van der Waals surface area contributed by atoms with Crippen molar-refractivity contribution in [3.05, 3.63) is 173 Å². The highest BCUT2D eigenvalue weighted by Gasteiger charge is 2.40. The molecular formula is C75H99N15O15S2. The summed E-state index contributed by atoms with van der Waals surface area (Å²) in [5.74, 6) is -11.4. The predicted octanol–water partition coefficient (Wildman–Crippen LogP) is -0.835. The number of benzene rings is 5. The number of aliphatic hydroxyl groups excluding tert-OH is 3. The number of aliphatic hydroxyl groups is 3. The Morgan fingerprint density at radius 2 is 0.963 bits per heavy atom. The molecule has 11 amide bonds. The number of H-pyrrole nitrogens is 1. The number of nitrogens with zero attached hydrogens (tertiary/aromatic N) is 1. The van der Waals surface area contributed by atoms with Crippen LogP contribution in [0.4, 0.5) is 0 Å². The summed E-state index contributed by atoms with van der Waals surface area (Å²) in [6.45, 7) is 5.92. The number of carbonyl (C=O) groups is 11. The van der Waals surface area contributed by atoms with Gasteiger partial charge in [0.15, 0.2) is 0 Å². The van der Waals surface area contributed by atoms with E-state index in [0.717, 1.165) is 39.0 Å². The molecule has 0 aliphatic carbocycles. The maximum absolute atomic E-state index is 15.9. The Morgan fingerprint density at radius 3 is 1.50 bits per heavy atom. The minimum atomic E-state index is -1.93. The van der Waals surface area contributed by atoms with Crippen LogP contribution in [0.5, 0.6) is 5.75 Å². The quantitative estimate of drug-likeness (QED) is 0.0309. The van der Waals surface area contributed by atoms with E-state index in [1.165, 1.54) is 38.2 Å². The van der Waals surface area contributed by atoms with E-state index in [2.05, 4.69) is 58.2 Å². The van der Waals surface area contributed by atoms with Crippen molar-refractivity contribution in [2.45, 2.75) is 170 Å². The summed E-state index contributed by atoms with van der Waals surface area (Å²) < 4.78 is 0. The molecule has 1 saturated heterocycles. The number of hydrogen-bond donors (Lipinski definition) is 18. The van der Waals surface area contributed by atoms with Gasteiger partial charge in [-0.2, -0.15) is 0 Å². The molecule has 5 aromatic carbocycles. The first-order chi connectivity index (χ1) is 51.1. The molecular weight excluding hydrogens is 1420 g/mol. The van der Waals surface area contributed by atoms with Crippen LogP contribution in [0.15, 0.2) is 140 Å². The zero-order chi connectivity index (χ0) is 77.9. The van der Waals surface area contributed by atoms with Gasteiger partial charge in [0.1, 0.15) is 66.2 Å². The lowest BCUT2D eigenvalue weighted by Gasteiger charge is -2.33. The number of aromatic hydroxyl groups is 1. The molecule has 13 atom stereocenters. The Kier molecular flexibility index (Phi) is 33.0. The molecule has 2 heterocycles. The monoisotopic (exact) mass is 1510 g/mol. The van der Waals surface area contributed by atoms with E-state index in [9.17, 15) is 54.0 Å². The van der Waals surface area contributed by atoms with Gasteiger partial charge < -0.3 is 101 Å². The normalized spacial score (nSPS) is 23.7. The number of likely N-dealkylation sites (N-methyl/N-ethyl adjacent to an activating group) is 1. The lowest BCUT2D eigenvalue weighted by atomic mass is 9.98. The maximum atomic E-state index is 15.9. The number of fused-ring (bicyclic) bond motifs is 1. The van der Waals surface area contributed by atoms with Gasteiger partial charge in [-0.1, -0.05) is 151 Å². The SMILES string of the molecule is CC(C)NCc1ccc(C[C@H]2C(=O)N[C@H]([C@@H](C)O)C(=O)N[C@@H](Cc3ccc(O)cc3)C(=O)N[C@@H]([C@@H](C)O)C(=O)N[C@@H](CO)C(=O)N[C@H](C(N)=O)CSSC[C@H](N)C(=O)N[C@@H](CCCCN)C(=O)N[C@@H](Cc3ccccc3)C(=O)N[C@@H](Cc3ccccc3)C(=O)N[C@H](Cc3c[nH]c4ccccc34)C(=O)N2C)cc1. The second kappa shape index (κ2) is 41.8. The third-order valence-corrected chi connectivity index (χ3v) is 20.4. The third kappa shape index (κ3) is 25.9. The van der Waals surface area contributed by atoms with E-state index in [1.54, 1.807) is 91.1 Å². The van der Waals surface area contributed by atoms with Gasteiger partial charge in [-0.05, 0) is 91.2 Å². The van der Waals surface area contributed by atoms with Crippen molar-refractivity contribution in [2.75, 3.05) is 31.7 Å². The average molecular weight is 1510 g/mol. The fourth-order valence-electron chi connectivity index (χ4n) is 11.7. The van der Waals surface area contributed by atoms with Gasteiger partial charge in [-0.3, -0.25) is 52.7 Å². The minimum absolute atomic E-state index is 0.0377. The highest BCUT2D eigenvalue weighted by molar-refractivity contribution is 8.76. The molecule has 576 valence electrons. The van der Waals surface area contributed by atoms with Gasteiger partial charge in [0.25, 0.3) is 0 Å². The van der Waals surface area contributed by atoms with Crippen LogP contribution >= 0.6 is 21.6 Å². The topological polar surface area (TPSA) is 486 Å². The van der Waals surface area contributed by atoms with Crippen LogP contribution in [0.25, 0.3) is 10.9 Å². The lowest BCUT2D eigenvalue weighted by molar-refractivity contribution is -0.143. The number of carbonyl (C=O) groups excluding carboxylic acids is 11. The third-order valence-electron chi connectivity index (χ3n) is 17.9. The molecule has 0 saturated carbocycles. The molecule has 7 rings (SSSR count). The van der Waals surface area contributed by atoms with Crippen LogP contribution < -0.4 is 70.4 Å². The highest BCUT2D eigenvalue weighted by atomic mass is 33.1. The van der Waals surface area contributed by atoms with Crippen LogP contribution in [0, 0.1) is 0 Å². The van der Waals surface area contributed by atoms with Gasteiger partial charge >= 0.3 is 0 Å². The van der Waals surface area contributed by atoms with E-state index < -0.39 is 150 Å². The zero-order valence-electron chi connectivity index (χ0n) is 60.3. The molecule has 0 radical (unpaired) electrons. The summed E-state index contributed by atoms with van der Waals surface area (Å²) >= 11 is 0. The number of para-hydroxylation sites is 1. The number of nitrogens with two attached hydrogens (primary N) is 3. The Hall–Kier alpha value is -9.93. The summed E-state index contributed by atoms with van der Waals surface area (Å²) in [6.07, 6.45) is -2.12. The van der Waals surface area contributed by atoms with E-state index in [0.29, 0.717) is 58.1 Å². The van der Waals surface area contributed by atoms with Gasteiger partial charge in [-0.25, -0.2) is 0 Å². The number of primary amides is 1. The van der Waals surface area contributed by atoms with Crippen molar-refractivity contribution in [1.29, 1.82) is 0 Å². The van der Waals surface area contributed by atoms with Crippen molar-refractivity contribution < 1.29 is 73.2 Å². The largest absolute Gasteiger partial charge is 0.508 e. The Morgan fingerprint density at radius 1 is 0.514 bits per heavy atom. The summed E-state index contributed by atoms with van der Waals surface area (Å²) in [6, 6.07) is 19.9. The second-order valence-electron chi connectivity index (χ2n) is 26.8. The summed E-state index contributed by atoms with van der Waals surface area (Å²) in [4.78, 5) is 165. The Labute approximate surface area is 628 Å². The van der Waals surface area contributed by atoms with Crippen molar-refractivity contribution in [1.82, 2.24) is 63.1 Å². The molecule has 30 nitrogen and oxygen atoms in total. The number of phenolic OH excluding ortho intramolecular Hbond substituents is 1. The Bertz CT molecular complexity index is 3970. The molecule has 0 bridgehead atoms. The van der Waals surface area contributed by atoms with E-state index in [4.69, 9.17) is 17.2 Å². The number of hydrogen-bond acceptors (Lipinski definition) is 20. The van der Waals surface area contributed by atoms with Gasteiger partial charge in [0.2, 0.25) is 65.0 Å².